The molecular formula is C12H24N7OP. The smallest absolute Gasteiger partial charge is 0.226 e. The average Bonchev–Trinajstić information content (AvgIpc) is 2.41. The number of nitrogens with zero attached hydrogens (tertiary/aromatic N) is 6. The van der Waals surface area contributed by atoms with Crippen molar-refractivity contribution >= 4 is 15.1 Å². The SMILES string of the molecule is CC(C)(CCC(C)(C)C(=O)NC(P)CN=[N+]=[N-])CN=[N+]=[N-]. The minimum absolute atomic E-state index is 0.0878. The number of carbonyl (C=O) groups is 1. The van der Waals surface area contributed by atoms with Gasteiger partial charge in [0.2, 0.25) is 5.91 Å². The summed E-state index contributed by atoms with van der Waals surface area (Å²) < 4.78 is 0. The molecule has 2 atom stereocenters. The van der Waals surface area contributed by atoms with Crippen molar-refractivity contribution in [1.29, 1.82) is 0 Å². The second-order valence-electron chi connectivity index (χ2n) is 6.43. The predicted octanol–water partition coefficient (Wildman–Crippen LogP) is 3.76. The molecule has 0 fully saturated rings. The molecule has 0 aliphatic carbocycles. The summed E-state index contributed by atoms with van der Waals surface area (Å²) in [6.07, 6.45) is 1.44. The maximum atomic E-state index is 12.2. The van der Waals surface area contributed by atoms with Crippen LogP contribution in [0.15, 0.2) is 10.2 Å². The largest absolute Gasteiger partial charge is 0.349 e. The second kappa shape index (κ2) is 8.73. The van der Waals surface area contributed by atoms with Crippen LogP contribution >= 0.6 is 9.24 Å². The zero-order chi connectivity index (χ0) is 16.5. The number of nitrogens with one attached hydrogen (secondary N) is 1. The van der Waals surface area contributed by atoms with Gasteiger partial charge in [0, 0.05) is 34.1 Å². The molecule has 2 unspecified atom stereocenters. The summed E-state index contributed by atoms with van der Waals surface area (Å²) in [6, 6.07) is 0. The van der Waals surface area contributed by atoms with Gasteiger partial charge < -0.3 is 5.32 Å². The highest BCUT2D eigenvalue weighted by Gasteiger charge is 2.30. The first-order valence-corrected chi connectivity index (χ1v) is 7.39. The third-order valence-corrected chi connectivity index (χ3v) is 3.64. The van der Waals surface area contributed by atoms with E-state index in [9.17, 15) is 4.79 Å². The molecule has 0 aromatic rings. The zero-order valence-electron chi connectivity index (χ0n) is 13.1. The number of rotatable bonds is 9. The molecule has 0 spiro atoms. The Kier molecular flexibility index (Phi) is 8.11. The van der Waals surface area contributed by atoms with Crippen LogP contribution in [0.1, 0.15) is 40.5 Å². The standard InChI is InChI=1S/C12H24N7OP/c1-11(2,8-16-19-14)5-6-12(3,4)10(20)17-9(21)7-15-18-13/h9H,5-8,21H2,1-4H3,(H,17,20). The van der Waals surface area contributed by atoms with Gasteiger partial charge in [-0.1, -0.05) is 37.9 Å². The highest BCUT2D eigenvalue weighted by molar-refractivity contribution is 7.17. The van der Waals surface area contributed by atoms with E-state index in [4.69, 9.17) is 11.1 Å². The third kappa shape index (κ3) is 8.41. The van der Waals surface area contributed by atoms with Crippen molar-refractivity contribution in [2.45, 2.75) is 46.3 Å². The first-order chi connectivity index (χ1) is 9.64. The number of carbonyl (C=O) groups excluding carboxylic acids is 1. The van der Waals surface area contributed by atoms with Gasteiger partial charge in [-0.25, -0.2) is 0 Å². The number of hydrogen-bond donors (Lipinski definition) is 1. The predicted molar refractivity (Wildman–Crippen MR) is 86.5 cm³/mol. The number of azide groups is 2. The fourth-order valence-electron chi connectivity index (χ4n) is 1.60. The molecule has 8 nitrogen and oxygen atoms in total. The van der Waals surface area contributed by atoms with E-state index in [-0.39, 0.29) is 23.6 Å². The summed E-state index contributed by atoms with van der Waals surface area (Å²) in [4.78, 5) is 17.7. The lowest BCUT2D eigenvalue weighted by atomic mass is 9.78. The van der Waals surface area contributed by atoms with Gasteiger partial charge in [0.1, 0.15) is 0 Å². The molecule has 1 N–H and O–H groups in total. The van der Waals surface area contributed by atoms with Gasteiger partial charge in [-0.2, -0.15) is 0 Å². The van der Waals surface area contributed by atoms with E-state index in [1.165, 1.54) is 0 Å². The quantitative estimate of drug-likeness (QED) is 0.296. The summed E-state index contributed by atoms with van der Waals surface area (Å²) in [7, 11) is 2.44. The molecule has 0 radical (unpaired) electrons. The Hall–Kier alpha value is -1.48. The lowest BCUT2D eigenvalue weighted by Crippen LogP contribution is -2.42. The van der Waals surface area contributed by atoms with Crippen LogP contribution in [-0.4, -0.2) is 24.8 Å². The topological polar surface area (TPSA) is 127 Å². The van der Waals surface area contributed by atoms with Gasteiger partial charge in [-0.05, 0) is 29.3 Å². The van der Waals surface area contributed by atoms with Crippen molar-refractivity contribution in [2.24, 2.45) is 21.1 Å². The molecule has 0 bridgehead atoms. The van der Waals surface area contributed by atoms with Crippen LogP contribution in [0.25, 0.3) is 20.9 Å². The van der Waals surface area contributed by atoms with Crippen LogP contribution in [0.2, 0.25) is 0 Å². The Morgan fingerprint density at radius 2 is 1.76 bits per heavy atom. The summed E-state index contributed by atoms with van der Waals surface area (Å²) in [5, 5.41) is 9.84. The minimum atomic E-state index is -0.543. The maximum Gasteiger partial charge on any atom is 0.226 e. The molecule has 0 heterocycles. The van der Waals surface area contributed by atoms with E-state index >= 15 is 0 Å². The molecule has 1 amide bonds. The zero-order valence-corrected chi connectivity index (χ0v) is 14.2. The van der Waals surface area contributed by atoms with Crippen LogP contribution in [0.3, 0.4) is 0 Å². The highest BCUT2D eigenvalue weighted by Crippen LogP contribution is 2.31. The maximum absolute atomic E-state index is 12.2. The summed E-state index contributed by atoms with van der Waals surface area (Å²) in [5.74, 6) is -0.362. The molecule has 0 aromatic carbocycles. The van der Waals surface area contributed by atoms with Gasteiger partial charge in [0.25, 0.3) is 0 Å². The van der Waals surface area contributed by atoms with Crippen molar-refractivity contribution in [3.63, 3.8) is 0 Å². The van der Waals surface area contributed by atoms with E-state index in [1.807, 2.05) is 27.7 Å². The molecule has 118 valence electrons. The minimum Gasteiger partial charge on any atom is -0.349 e. The van der Waals surface area contributed by atoms with Crippen molar-refractivity contribution in [3.05, 3.63) is 20.9 Å². The van der Waals surface area contributed by atoms with E-state index in [1.54, 1.807) is 0 Å². The first kappa shape index (κ1) is 19.5. The van der Waals surface area contributed by atoms with Crippen molar-refractivity contribution < 1.29 is 4.79 Å². The van der Waals surface area contributed by atoms with E-state index < -0.39 is 5.41 Å². The van der Waals surface area contributed by atoms with Gasteiger partial charge >= 0.3 is 0 Å². The van der Waals surface area contributed by atoms with Crippen molar-refractivity contribution in [3.8, 4) is 0 Å². The molecule has 0 aliphatic heterocycles. The lowest BCUT2D eigenvalue weighted by Gasteiger charge is -2.30. The molecule has 0 aromatic heterocycles. The molecule has 9 heteroatoms. The molecule has 0 saturated carbocycles. The average molecular weight is 313 g/mol. The van der Waals surface area contributed by atoms with Gasteiger partial charge in [-0.3, -0.25) is 4.79 Å². The van der Waals surface area contributed by atoms with E-state index in [2.05, 4.69) is 34.6 Å². The van der Waals surface area contributed by atoms with Gasteiger partial charge in [-0.15, -0.1) is 9.24 Å². The Morgan fingerprint density at radius 1 is 1.19 bits per heavy atom. The van der Waals surface area contributed by atoms with Crippen LogP contribution < -0.4 is 5.32 Å². The molecule has 21 heavy (non-hydrogen) atoms. The fraction of sp³-hybridized carbons (Fsp3) is 0.917. The summed E-state index contributed by atoms with van der Waals surface area (Å²) in [5.41, 5.74) is 15.9. The van der Waals surface area contributed by atoms with Crippen LogP contribution in [-0.2, 0) is 4.79 Å². The second-order valence-corrected chi connectivity index (χ2v) is 7.24. The monoisotopic (exact) mass is 313 g/mol. The molecule has 0 rings (SSSR count). The Balaban J connectivity index is 4.49. The summed E-state index contributed by atoms with van der Waals surface area (Å²) in [6.45, 7) is 8.37. The van der Waals surface area contributed by atoms with Crippen LogP contribution in [0.5, 0.6) is 0 Å². The first-order valence-electron chi connectivity index (χ1n) is 6.73. The highest BCUT2D eigenvalue weighted by atomic mass is 31.0. The molecule has 0 aliphatic rings. The lowest BCUT2D eigenvalue weighted by molar-refractivity contribution is -0.130. The normalized spacial score (nSPS) is 12.8. The number of hydrogen-bond acceptors (Lipinski definition) is 3. The Morgan fingerprint density at radius 3 is 2.29 bits per heavy atom. The Bertz CT molecular complexity index is 451. The van der Waals surface area contributed by atoms with Crippen molar-refractivity contribution in [1.82, 2.24) is 5.32 Å². The summed E-state index contributed by atoms with van der Waals surface area (Å²) >= 11 is 0. The van der Waals surface area contributed by atoms with Crippen LogP contribution in [0.4, 0.5) is 0 Å². The van der Waals surface area contributed by atoms with E-state index in [0.717, 1.165) is 6.42 Å². The number of amides is 1. The third-order valence-electron chi connectivity index (χ3n) is 3.26. The molecular weight excluding hydrogens is 289 g/mol. The fourth-order valence-corrected chi connectivity index (χ4v) is 1.85. The van der Waals surface area contributed by atoms with Gasteiger partial charge in [0.05, 0.1) is 0 Å². The van der Waals surface area contributed by atoms with Gasteiger partial charge in [0.15, 0.2) is 0 Å². The van der Waals surface area contributed by atoms with Crippen molar-refractivity contribution in [2.75, 3.05) is 13.1 Å². The van der Waals surface area contributed by atoms with Crippen LogP contribution in [0, 0.1) is 10.8 Å². The molecule has 0 saturated heterocycles. The Labute approximate surface area is 127 Å². The van der Waals surface area contributed by atoms with E-state index in [0.29, 0.717) is 13.0 Å².